The summed E-state index contributed by atoms with van der Waals surface area (Å²) < 4.78 is 16.0. The van der Waals surface area contributed by atoms with Crippen molar-refractivity contribution in [2.45, 2.75) is 32.9 Å². The van der Waals surface area contributed by atoms with Crippen molar-refractivity contribution in [1.82, 2.24) is 5.09 Å². The molecular formula is C13H20NO4P. The molecular weight excluding hydrogens is 265 g/mol. The summed E-state index contributed by atoms with van der Waals surface area (Å²) in [5.41, 5.74) is 0. The number of methoxy groups -OCH3 is 1. The second kappa shape index (κ2) is 8.10. The van der Waals surface area contributed by atoms with Crippen molar-refractivity contribution in [3.8, 4) is 5.75 Å². The third-order valence-electron chi connectivity index (χ3n) is 2.09. The van der Waals surface area contributed by atoms with E-state index in [1.165, 1.54) is 7.11 Å². The van der Waals surface area contributed by atoms with Gasteiger partial charge in [-0.25, -0.2) is 5.09 Å². The molecule has 6 heteroatoms. The molecule has 106 valence electrons. The third-order valence-corrected chi connectivity index (χ3v) is 3.68. The molecule has 0 aliphatic rings. The molecule has 1 rings (SSSR count). The Balaban J connectivity index is 2.64. The van der Waals surface area contributed by atoms with Crippen molar-refractivity contribution in [3.05, 3.63) is 30.3 Å². The molecule has 2 atom stereocenters. The molecule has 5 nitrogen and oxygen atoms in total. The third kappa shape index (κ3) is 6.01. The van der Waals surface area contributed by atoms with Crippen molar-refractivity contribution in [2.24, 2.45) is 0 Å². The van der Waals surface area contributed by atoms with E-state index in [4.69, 9.17) is 9.05 Å². The first-order valence-electron chi connectivity index (χ1n) is 6.07. The van der Waals surface area contributed by atoms with Crippen LogP contribution in [0.5, 0.6) is 5.75 Å². The molecule has 0 bridgehead atoms. The fraction of sp³-hybridized carbons (Fsp3) is 0.462. The minimum atomic E-state index is -1.40. The van der Waals surface area contributed by atoms with E-state index in [0.29, 0.717) is 5.75 Å². The highest BCUT2D eigenvalue weighted by molar-refractivity contribution is 7.45. The van der Waals surface area contributed by atoms with Crippen LogP contribution in [0.4, 0.5) is 0 Å². The van der Waals surface area contributed by atoms with E-state index in [0.717, 1.165) is 0 Å². The van der Waals surface area contributed by atoms with Gasteiger partial charge < -0.3 is 13.8 Å². The largest absolute Gasteiger partial charge is 0.468 e. The monoisotopic (exact) mass is 285 g/mol. The van der Waals surface area contributed by atoms with Gasteiger partial charge in [-0.15, -0.1) is 0 Å². The lowest BCUT2D eigenvalue weighted by molar-refractivity contribution is -0.142. The number of hydrogen-bond donors (Lipinski definition) is 1. The normalized spacial score (nSPS) is 13.9. The number of para-hydroxylation sites is 1. The van der Waals surface area contributed by atoms with Gasteiger partial charge in [0.1, 0.15) is 11.8 Å². The highest BCUT2D eigenvalue weighted by Crippen LogP contribution is 2.37. The Bertz CT molecular complexity index is 385. The Morgan fingerprint density at radius 3 is 2.37 bits per heavy atom. The van der Waals surface area contributed by atoms with Gasteiger partial charge >= 0.3 is 14.5 Å². The number of esters is 1. The smallest absolute Gasteiger partial charge is 0.323 e. The Kier molecular flexibility index (Phi) is 6.78. The molecule has 0 fully saturated rings. The first kappa shape index (κ1) is 15.9. The minimum absolute atomic E-state index is 0.00725. The molecule has 19 heavy (non-hydrogen) atoms. The summed E-state index contributed by atoms with van der Waals surface area (Å²) in [6.45, 7) is 5.53. The summed E-state index contributed by atoms with van der Waals surface area (Å²) in [5, 5.41) is 2.99. The highest BCUT2D eigenvalue weighted by atomic mass is 31.2. The molecule has 0 heterocycles. The van der Waals surface area contributed by atoms with Crippen LogP contribution in [0.3, 0.4) is 0 Å². The lowest BCUT2D eigenvalue weighted by Crippen LogP contribution is -2.33. The first-order chi connectivity index (χ1) is 9.02. The molecule has 2 unspecified atom stereocenters. The average molecular weight is 285 g/mol. The molecule has 0 aliphatic heterocycles. The van der Waals surface area contributed by atoms with Gasteiger partial charge in [-0.05, 0) is 32.9 Å². The number of carbonyl (C=O) groups is 1. The molecule has 0 aromatic heterocycles. The molecule has 1 aromatic carbocycles. The zero-order chi connectivity index (χ0) is 14.3. The lowest BCUT2D eigenvalue weighted by atomic mass is 10.3. The molecule has 0 spiro atoms. The summed E-state index contributed by atoms with van der Waals surface area (Å²) in [6, 6.07) is 8.85. The molecule has 0 saturated heterocycles. The van der Waals surface area contributed by atoms with Gasteiger partial charge in [-0.3, -0.25) is 4.79 Å². The predicted molar refractivity (Wildman–Crippen MR) is 74.8 cm³/mol. The number of benzene rings is 1. The van der Waals surface area contributed by atoms with Gasteiger partial charge in [0.2, 0.25) is 0 Å². The van der Waals surface area contributed by atoms with Crippen LogP contribution in [0.25, 0.3) is 0 Å². The summed E-state index contributed by atoms with van der Waals surface area (Å²) in [6.07, 6.45) is -0.00725. The van der Waals surface area contributed by atoms with Crippen LogP contribution < -0.4 is 9.61 Å². The number of nitrogens with one attached hydrogen (secondary N) is 1. The van der Waals surface area contributed by atoms with Crippen LogP contribution in [0.1, 0.15) is 20.8 Å². The fourth-order valence-electron chi connectivity index (χ4n) is 1.23. The summed E-state index contributed by atoms with van der Waals surface area (Å²) in [7, 11) is -0.0535. The van der Waals surface area contributed by atoms with Crippen molar-refractivity contribution >= 4 is 14.5 Å². The molecule has 0 aliphatic carbocycles. The highest BCUT2D eigenvalue weighted by Gasteiger charge is 2.22. The van der Waals surface area contributed by atoms with E-state index in [1.54, 1.807) is 6.92 Å². The van der Waals surface area contributed by atoms with Crippen LogP contribution in [0.2, 0.25) is 0 Å². The zero-order valence-corrected chi connectivity index (χ0v) is 12.5. The SMILES string of the molecule is COC(=O)C(C)NP(Oc1ccccc1)OC(C)C. The first-order valence-corrected chi connectivity index (χ1v) is 7.24. The van der Waals surface area contributed by atoms with Crippen molar-refractivity contribution in [1.29, 1.82) is 0 Å². The Labute approximate surface area is 115 Å². The average Bonchev–Trinajstić information content (AvgIpc) is 2.38. The van der Waals surface area contributed by atoms with Crippen LogP contribution in [0, 0.1) is 0 Å². The van der Waals surface area contributed by atoms with Gasteiger partial charge in [0.25, 0.3) is 0 Å². The zero-order valence-electron chi connectivity index (χ0n) is 11.6. The van der Waals surface area contributed by atoms with E-state index in [-0.39, 0.29) is 12.1 Å². The van der Waals surface area contributed by atoms with E-state index >= 15 is 0 Å². The molecule has 1 aromatic rings. The van der Waals surface area contributed by atoms with Gasteiger partial charge in [-0.2, -0.15) is 0 Å². The summed E-state index contributed by atoms with van der Waals surface area (Å²) in [5.74, 6) is 0.343. The standard InChI is InChI=1S/C13H20NO4P/c1-10(2)17-19(14-11(3)13(15)16-4)18-12-8-6-5-7-9-12/h5-11,14H,1-4H3. The van der Waals surface area contributed by atoms with Crippen LogP contribution in [0.15, 0.2) is 30.3 Å². The van der Waals surface area contributed by atoms with Gasteiger partial charge in [0, 0.05) is 0 Å². The number of ether oxygens (including phenoxy) is 1. The fourth-order valence-corrected chi connectivity index (χ4v) is 2.51. The molecule has 0 radical (unpaired) electrons. The summed E-state index contributed by atoms with van der Waals surface area (Å²) in [4.78, 5) is 11.4. The second-order valence-electron chi connectivity index (χ2n) is 4.19. The van der Waals surface area contributed by atoms with E-state index in [2.05, 4.69) is 9.82 Å². The quantitative estimate of drug-likeness (QED) is 0.616. The van der Waals surface area contributed by atoms with Crippen LogP contribution >= 0.6 is 8.53 Å². The second-order valence-corrected chi connectivity index (χ2v) is 5.36. The topological polar surface area (TPSA) is 56.8 Å². The Morgan fingerprint density at radius 1 is 1.21 bits per heavy atom. The maximum atomic E-state index is 11.4. The number of rotatable bonds is 7. The number of carbonyl (C=O) groups excluding carboxylic acids is 1. The van der Waals surface area contributed by atoms with E-state index in [9.17, 15) is 4.79 Å². The van der Waals surface area contributed by atoms with E-state index < -0.39 is 14.6 Å². The van der Waals surface area contributed by atoms with Crippen molar-refractivity contribution in [3.63, 3.8) is 0 Å². The Hall–Kier alpha value is -1.16. The van der Waals surface area contributed by atoms with Gasteiger partial charge in [0.05, 0.1) is 13.2 Å². The molecule has 1 N–H and O–H groups in total. The van der Waals surface area contributed by atoms with Crippen LogP contribution in [-0.4, -0.2) is 25.2 Å². The number of hydrogen-bond acceptors (Lipinski definition) is 5. The maximum absolute atomic E-state index is 11.4. The van der Waals surface area contributed by atoms with Crippen molar-refractivity contribution < 1.29 is 18.6 Å². The van der Waals surface area contributed by atoms with Gasteiger partial charge in [0.15, 0.2) is 0 Å². The van der Waals surface area contributed by atoms with Gasteiger partial charge in [-0.1, -0.05) is 18.2 Å². The lowest BCUT2D eigenvalue weighted by Gasteiger charge is -2.22. The maximum Gasteiger partial charge on any atom is 0.323 e. The van der Waals surface area contributed by atoms with Crippen LogP contribution in [-0.2, 0) is 14.1 Å². The molecule has 0 saturated carbocycles. The minimum Gasteiger partial charge on any atom is -0.468 e. The Morgan fingerprint density at radius 2 is 1.84 bits per heavy atom. The molecule has 0 amide bonds. The summed E-state index contributed by atoms with van der Waals surface area (Å²) >= 11 is 0. The predicted octanol–water partition coefficient (Wildman–Crippen LogP) is 2.87. The van der Waals surface area contributed by atoms with E-state index in [1.807, 2.05) is 44.2 Å². The van der Waals surface area contributed by atoms with Crippen molar-refractivity contribution in [2.75, 3.05) is 7.11 Å².